The first kappa shape index (κ1) is 10.8. The van der Waals surface area contributed by atoms with Crippen LogP contribution in [-0.2, 0) is 0 Å². The molecule has 1 heterocycles. The van der Waals surface area contributed by atoms with Crippen molar-refractivity contribution in [2.45, 2.75) is 0 Å². The lowest BCUT2D eigenvalue weighted by atomic mass is 10.2. The van der Waals surface area contributed by atoms with Crippen molar-refractivity contribution in [3.8, 4) is 11.8 Å². The Hall–Kier alpha value is -2.74. The minimum Gasteiger partial charge on any atom is -0.398 e. The quantitative estimate of drug-likeness (QED) is 0.438. The number of nitrogens with two attached hydrogens (primary N) is 1. The zero-order valence-electron chi connectivity index (χ0n) is 8.78. The molecule has 2 rings (SSSR count). The number of aromatic nitrogens is 2. The Balaban J connectivity index is 2.44. The molecule has 0 aliphatic rings. The van der Waals surface area contributed by atoms with Gasteiger partial charge in [-0.3, -0.25) is 9.78 Å². The molecule has 0 fully saturated rings. The summed E-state index contributed by atoms with van der Waals surface area (Å²) in [6, 6.07) is 7.08. The van der Waals surface area contributed by atoms with Crippen molar-refractivity contribution < 1.29 is 0 Å². The first-order valence-corrected chi connectivity index (χ1v) is 4.85. The molecule has 17 heavy (non-hydrogen) atoms. The number of nitrogens with one attached hydrogen (secondary N) is 2. The molecular weight excluding hydrogens is 218 g/mol. The molecule has 2 aromatic rings. The van der Waals surface area contributed by atoms with Crippen LogP contribution in [0.1, 0.15) is 11.1 Å². The number of rotatable bonds is 0. The first-order valence-electron chi connectivity index (χ1n) is 4.85. The third kappa shape index (κ3) is 2.44. The van der Waals surface area contributed by atoms with E-state index in [1.165, 1.54) is 6.20 Å². The maximum absolute atomic E-state index is 11.3. The third-order valence-electron chi connectivity index (χ3n) is 2.11. The molecule has 0 unspecified atom stereocenters. The van der Waals surface area contributed by atoms with Gasteiger partial charge in [0.25, 0.3) is 5.56 Å². The highest BCUT2D eigenvalue weighted by Gasteiger charge is 1.96. The fourth-order valence-corrected chi connectivity index (χ4v) is 1.25. The summed E-state index contributed by atoms with van der Waals surface area (Å²) >= 11 is 0. The number of hydrogen-bond acceptors (Lipinski definition) is 3. The fourth-order valence-electron chi connectivity index (χ4n) is 1.25. The molecule has 0 bridgehead atoms. The maximum Gasteiger partial charge on any atom is 0.325 e. The predicted octanol–water partition coefficient (Wildman–Crippen LogP) is 0.0452. The molecule has 0 radical (unpaired) electrons. The fraction of sp³-hybridized carbons (Fsp3) is 0. The van der Waals surface area contributed by atoms with Crippen LogP contribution in [0, 0.1) is 11.8 Å². The number of anilines is 1. The van der Waals surface area contributed by atoms with Gasteiger partial charge in [-0.05, 0) is 12.1 Å². The average Bonchev–Trinajstić information content (AvgIpc) is 2.30. The molecule has 0 aliphatic heterocycles. The smallest absolute Gasteiger partial charge is 0.325 e. The molecule has 1 aromatic heterocycles. The van der Waals surface area contributed by atoms with E-state index in [1.807, 2.05) is 0 Å². The Kier molecular flexibility index (Phi) is 2.79. The highest BCUT2D eigenvalue weighted by atomic mass is 16.2. The molecule has 0 saturated heterocycles. The molecule has 5 nitrogen and oxygen atoms in total. The van der Waals surface area contributed by atoms with E-state index < -0.39 is 11.2 Å². The highest BCUT2D eigenvalue weighted by Crippen LogP contribution is 2.07. The number of H-pyrrole nitrogens is 2. The summed E-state index contributed by atoms with van der Waals surface area (Å²) in [7, 11) is 0. The molecule has 0 saturated carbocycles. The van der Waals surface area contributed by atoms with E-state index in [-0.39, 0.29) is 5.56 Å². The van der Waals surface area contributed by atoms with Gasteiger partial charge < -0.3 is 10.7 Å². The summed E-state index contributed by atoms with van der Waals surface area (Å²) in [6.07, 6.45) is 1.27. The Morgan fingerprint density at radius 1 is 1.06 bits per heavy atom. The average molecular weight is 227 g/mol. The largest absolute Gasteiger partial charge is 0.398 e. The minimum absolute atomic E-state index is 0.188. The normalized spacial score (nSPS) is 9.41. The van der Waals surface area contributed by atoms with Gasteiger partial charge in [-0.15, -0.1) is 0 Å². The van der Waals surface area contributed by atoms with Gasteiger partial charge in [-0.25, -0.2) is 4.79 Å². The van der Waals surface area contributed by atoms with E-state index in [0.29, 0.717) is 11.3 Å². The van der Waals surface area contributed by atoms with Crippen LogP contribution in [0.3, 0.4) is 0 Å². The number of nitrogen functional groups attached to an aromatic ring is 1. The number of hydrogen-bond donors (Lipinski definition) is 3. The zero-order chi connectivity index (χ0) is 12.3. The van der Waals surface area contributed by atoms with Gasteiger partial charge in [-0.1, -0.05) is 24.0 Å². The molecule has 0 atom stereocenters. The van der Waals surface area contributed by atoms with Gasteiger partial charge in [0.15, 0.2) is 0 Å². The zero-order valence-corrected chi connectivity index (χ0v) is 8.78. The number of aromatic amines is 2. The summed E-state index contributed by atoms with van der Waals surface area (Å²) in [5.74, 6) is 5.43. The van der Waals surface area contributed by atoms with Gasteiger partial charge in [0.1, 0.15) is 5.56 Å². The standard InChI is InChI=1S/C12H9N3O2/c13-10-4-2-1-3-8(10)5-6-9-7-14-12(17)15-11(9)16/h1-4,7H,13H2,(H2,14,15,16,17). The van der Waals surface area contributed by atoms with Crippen LogP contribution in [-0.4, -0.2) is 9.97 Å². The van der Waals surface area contributed by atoms with Crippen LogP contribution < -0.4 is 17.0 Å². The number of benzene rings is 1. The summed E-state index contributed by atoms with van der Waals surface area (Å²) < 4.78 is 0. The van der Waals surface area contributed by atoms with E-state index in [2.05, 4.69) is 21.8 Å². The summed E-state index contributed by atoms with van der Waals surface area (Å²) in [6.45, 7) is 0. The van der Waals surface area contributed by atoms with Crippen molar-refractivity contribution in [2.75, 3.05) is 5.73 Å². The molecule has 84 valence electrons. The lowest BCUT2D eigenvalue weighted by Crippen LogP contribution is -2.23. The van der Waals surface area contributed by atoms with E-state index >= 15 is 0 Å². The maximum atomic E-state index is 11.3. The highest BCUT2D eigenvalue weighted by molar-refractivity contribution is 5.56. The number of para-hydroxylation sites is 1. The molecule has 1 aromatic carbocycles. The van der Waals surface area contributed by atoms with Gasteiger partial charge in [0.2, 0.25) is 0 Å². The Morgan fingerprint density at radius 2 is 1.76 bits per heavy atom. The predicted molar refractivity (Wildman–Crippen MR) is 64.5 cm³/mol. The molecule has 5 heteroatoms. The molecule has 0 aliphatic carbocycles. The Labute approximate surface area is 96.3 Å². The SMILES string of the molecule is Nc1ccccc1C#Cc1c[nH]c(=O)[nH]c1=O. The van der Waals surface area contributed by atoms with E-state index in [4.69, 9.17) is 5.73 Å². The minimum atomic E-state index is -0.556. The molecular formula is C12H9N3O2. The van der Waals surface area contributed by atoms with Crippen molar-refractivity contribution in [3.63, 3.8) is 0 Å². The second-order valence-corrected chi connectivity index (χ2v) is 3.32. The topological polar surface area (TPSA) is 91.7 Å². The van der Waals surface area contributed by atoms with Crippen molar-refractivity contribution >= 4 is 5.69 Å². The van der Waals surface area contributed by atoms with Crippen LogP contribution in [0.15, 0.2) is 40.1 Å². The molecule has 0 amide bonds. The first-order chi connectivity index (χ1) is 8.16. The molecule has 0 spiro atoms. The second-order valence-electron chi connectivity index (χ2n) is 3.32. The third-order valence-corrected chi connectivity index (χ3v) is 2.11. The lowest BCUT2D eigenvalue weighted by molar-refractivity contribution is 1.03. The van der Waals surface area contributed by atoms with Crippen LogP contribution in [0.4, 0.5) is 5.69 Å². The van der Waals surface area contributed by atoms with Crippen LogP contribution >= 0.6 is 0 Å². The van der Waals surface area contributed by atoms with Gasteiger partial charge in [-0.2, -0.15) is 0 Å². The van der Waals surface area contributed by atoms with Crippen molar-refractivity contribution in [2.24, 2.45) is 0 Å². The van der Waals surface area contributed by atoms with Crippen molar-refractivity contribution in [1.82, 2.24) is 9.97 Å². The van der Waals surface area contributed by atoms with Crippen molar-refractivity contribution in [3.05, 3.63) is 62.4 Å². The summed E-state index contributed by atoms with van der Waals surface area (Å²) in [5, 5.41) is 0. The van der Waals surface area contributed by atoms with Gasteiger partial charge in [0.05, 0.1) is 0 Å². The molecule has 4 N–H and O–H groups in total. The van der Waals surface area contributed by atoms with Crippen LogP contribution in [0.2, 0.25) is 0 Å². The second kappa shape index (κ2) is 4.41. The lowest BCUT2D eigenvalue weighted by Gasteiger charge is -1.94. The Morgan fingerprint density at radius 3 is 2.47 bits per heavy atom. The van der Waals surface area contributed by atoms with E-state index in [9.17, 15) is 9.59 Å². The van der Waals surface area contributed by atoms with Gasteiger partial charge >= 0.3 is 5.69 Å². The summed E-state index contributed by atoms with van der Waals surface area (Å²) in [5.41, 5.74) is 5.99. The summed E-state index contributed by atoms with van der Waals surface area (Å²) in [4.78, 5) is 26.6. The van der Waals surface area contributed by atoms with Crippen LogP contribution in [0.5, 0.6) is 0 Å². The van der Waals surface area contributed by atoms with Crippen LogP contribution in [0.25, 0.3) is 0 Å². The van der Waals surface area contributed by atoms with E-state index in [0.717, 1.165) is 0 Å². The van der Waals surface area contributed by atoms with E-state index in [1.54, 1.807) is 24.3 Å². The monoisotopic (exact) mass is 227 g/mol. The van der Waals surface area contributed by atoms with Gasteiger partial charge in [0, 0.05) is 17.4 Å². The Bertz CT molecular complexity index is 717. The van der Waals surface area contributed by atoms with Crippen molar-refractivity contribution in [1.29, 1.82) is 0 Å².